The summed E-state index contributed by atoms with van der Waals surface area (Å²) >= 11 is -2.00. The summed E-state index contributed by atoms with van der Waals surface area (Å²) in [6, 6.07) is 0. The van der Waals surface area contributed by atoms with Crippen molar-refractivity contribution < 1.29 is 13.6 Å². The maximum atomic E-state index is 10.5. The lowest BCUT2D eigenvalue weighted by Crippen LogP contribution is -2.32. The highest BCUT2D eigenvalue weighted by Crippen LogP contribution is 2.14. The molecule has 4 nitrogen and oxygen atoms in total. The molecule has 0 aliphatic rings. The van der Waals surface area contributed by atoms with Gasteiger partial charge in [-0.3, -0.25) is 4.79 Å². The molecule has 0 aliphatic heterocycles. The van der Waals surface area contributed by atoms with Crippen molar-refractivity contribution in [1.82, 2.24) is 0 Å². The summed E-state index contributed by atoms with van der Waals surface area (Å²) in [6.07, 6.45) is -0.0733. The molecule has 0 saturated heterocycles. The van der Waals surface area contributed by atoms with E-state index in [1.54, 1.807) is 0 Å². The van der Waals surface area contributed by atoms with Crippen molar-refractivity contribution >= 4 is 17.0 Å². The number of hydrogen-bond acceptors (Lipinski definition) is 2. The summed E-state index contributed by atoms with van der Waals surface area (Å²) in [4.78, 5) is 10.3. The Labute approximate surface area is 62.1 Å². The molecule has 0 aromatic heterocycles. The summed E-state index contributed by atoms with van der Waals surface area (Å²) in [7, 11) is 0. The van der Waals surface area contributed by atoms with Gasteiger partial charge in [-0.1, -0.05) is 0 Å². The summed E-state index contributed by atoms with van der Waals surface area (Å²) in [5.74, 6) is -0.563. The fourth-order valence-electron chi connectivity index (χ4n) is 0.481. The minimum absolute atomic E-state index is 0.0733. The van der Waals surface area contributed by atoms with Crippen LogP contribution in [0, 0.1) is 0 Å². The van der Waals surface area contributed by atoms with Gasteiger partial charge in [-0.05, 0) is 13.8 Å². The molecule has 60 valence electrons. The van der Waals surface area contributed by atoms with Crippen molar-refractivity contribution in [3.8, 4) is 0 Å². The summed E-state index contributed by atoms with van der Waals surface area (Å²) in [5, 5.41) is 0. The highest BCUT2D eigenvalue weighted by molar-refractivity contribution is 7.80. The molecule has 3 N–H and O–H groups in total. The molecule has 0 radical (unpaired) electrons. The molecule has 0 rings (SSSR count). The molecule has 1 atom stereocenters. The van der Waals surface area contributed by atoms with Crippen LogP contribution < -0.4 is 5.73 Å². The van der Waals surface area contributed by atoms with Crippen LogP contribution in [-0.4, -0.2) is 19.4 Å². The molecule has 0 spiro atoms. The van der Waals surface area contributed by atoms with Crippen molar-refractivity contribution in [1.29, 1.82) is 0 Å². The normalized spacial score (nSPS) is 14.7. The quantitative estimate of drug-likeness (QED) is 0.571. The first-order valence-electron chi connectivity index (χ1n) is 2.75. The Bertz CT molecular complexity index is 166. The highest BCUT2D eigenvalue weighted by atomic mass is 32.2. The predicted octanol–water partition coefficient (Wildman–Crippen LogP) is -0.138. The molecule has 0 heterocycles. The van der Waals surface area contributed by atoms with Crippen LogP contribution in [0.4, 0.5) is 0 Å². The van der Waals surface area contributed by atoms with Crippen molar-refractivity contribution in [2.45, 2.75) is 25.0 Å². The summed E-state index contributed by atoms with van der Waals surface area (Å²) in [5.41, 5.74) is 4.83. The third-order valence-electron chi connectivity index (χ3n) is 1.07. The Morgan fingerprint density at radius 1 is 1.70 bits per heavy atom. The van der Waals surface area contributed by atoms with E-state index in [1.807, 2.05) is 0 Å². The molecule has 0 saturated carbocycles. The molecule has 0 bridgehead atoms. The number of amides is 1. The van der Waals surface area contributed by atoms with Gasteiger partial charge in [0.2, 0.25) is 5.91 Å². The second-order valence-electron chi connectivity index (χ2n) is 2.65. The van der Waals surface area contributed by atoms with Crippen LogP contribution in [0.3, 0.4) is 0 Å². The number of rotatable bonds is 3. The van der Waals surface area contributed by atoms with Gasteiger partial charge in [0.05, 0.1) is 4.75 Å². The molecular weight excluding hydrogens is 154 g/mol. The second-order valence-corrected chi connectivity index (χ2v) is 4.26. The lowest BCUT2D eigenvalue weighted by atomic mass is 10.1. The monoisotopic (exact) mass is 165 g/mol. The average Bonchev–Trinajstić information content (AvgIpc) is 1.60. The molecule has 0 fully saturated rings. The maximum absolute atomic E-state index is 10.5. The van der Waals surface area contributed by atoms with E-state index in [4.69, 9.17) is 10.3 Å². The smallest absolute Gasteiger partial charge is 0.218 e. The van der Waals surface area contributed by atoms with Gasteiger partial charge in [-0.2, -0.15) is 0 Å². The largest absolute Gasteiger partial charge is 0.370 e. The van der Waals surface area contributed by atoms with Crippen LogP contribution in [0.1, 0.15) is 20.3 Å². The van der Waals surface area contributed by atoms with Gasteiger partial charge in [-0.25, -0.2) is 4.21 Å². The third kappa shape index (κ3) is 2.93. The van der Waals surface area contributed by atoms with E-state index in [0.29, 0.717) is 0 Å². The molecular formula is C5H11NO3S. The number of carbonyl (C=O) groups is 1. The zero-order valence-electron chi connectivity index (χ0n) is 5.96. The van der Waals surface area contributed by atoms with E-state index < -0.39 is 21.7 Å². The standard InChI is InChI=1S/C5H11NO3S/c1-5(2,10(8)9)3-4(6)7/h3H2,1-2H3,(H2,6,7)(H,8,9). The zero-order chi connectivity index (χ0) is 8.36. The van der Waals surface area contributed by atoms with Crippen LogP contribution in [-0.2, 0) is 15.9 Å². The van der Waals surface area contributed by atoms with E-state index in [0.717, 1.165) is 0 Å². The lowest BCUT2D eigenvalue weighted by Gasteiger charge is -2.16. The molecule has 10 heavy (non-hydrogen) atoms. The number of primary amides is 1. The van der Waals surface area contributed by atoms with Crippen LogP contribution in [0.2, 0.25) is 0 Å². The van der Waals surface area contributed by atoms with Crippen molar-refractivity contribution in [2.24, 2.45) is 5.73 Å². The van der Waals surface area contributed by atoms with Gasteiger partial charge < -0.3 is 10.3 Å². The highest BCUT2D eigenvalue weighted by Gasteiger charge is 2.26. The first-order valence-corrected chi connectivity index (χ1v) is 3.86. The Kier molecular flexibility index (Phi) is 2.98. The van der Waals surface area contributed by atoms with Crippen molar-refractivity contribution in [3.05, 3.63) is 0 Å². The predicted molar refractivity (Wildman–Crippen MR) is 38.7 cm³/mol. The second kappa shape index (κ2) is 3.12. The van der Waals surface area contributed by atoms with E-state index in [1.165, 1.54) is 13.8 Å². The van der Waals surface area contributed by atoms with Gasteiger partial charge in [0.15, 0.2) is 11.1 Å². The molecule has 1 unspecified atom stereocenters. The van der Waals surface area contributed by atoms with Gasteiger partial charge >= 0.3 is 0 Å². The topological polar surface area (TPSA) is 80.4 Å². The average molecular weight is 165 g/mol. The number of nitrogens with two attached hydrogens (primary N) is 1. The Hall–Kier alpha value is -0.420. The zero-order valence-corrected chi connectivity index (χ0v) is 6.77. The number of carbonyl (C=O) groups excluding carboxylic acids is 1. The van der Waals surface area contributed by atoms with E-state index in [2.05, 4.69) is 0 Å². The molecule has 5 heteroatoms. The first kappa shape index (κ1) is 9.58. The first-order chi connectivity index (χ1) is 4.36. The van der Waals surface area contributed by atoms with Gasteiger partial charge in [0.25, 0.3) is 0 Å². The minimum Gasteiger partial charge on any atom is -0.370 e. The van der Waals surface area contributed by atoms with Crippen molar-refractivity contribution in [3.63, 3.8) is 0 Å². The summed E-state index contributed by atoms with van der Waals surface area (Å²) < 4.78 is 18.1. The lowest BCUT2D eigenvalue weighted by molar-refractivity contribution is -0.118. The van der Waals surface area contributed by atoms with Gasteiger partial charge in [0.1, 0.15) is 0 Å². The van der Waals surface area contributed by atoms with Crippen LogP contribution in [0.25, 0.3) is 0 Å². The van der Waals surface area contributed by atoms with Crippen molar-refractivity contribution in [2.75, 3.05) is 0 Å². The third-order valence-corrected chi connectivity index (χ3v) is 2.16. The minimum atomic E-state index is -2.00. The molecule has 1 amide bonds. The fourth-order valence-corrected chi connectivity index (χ4v) is 0.747. The fraction of sp³-hybridized carbons (Fsp3) is 0.800. The van der Waals surface area contributed by atoms with Crippen LogP contribution in [0.5, 0.6) is 0 Å². The molecule has 0 aromatic carbocycles. The van der Waals surface area contributed by atoms with Crippen LogP contribution in [0.15, 0.2) is 0 Å². The van der Waals surface area contributed by atoms with E-state index in [9.17, 15) is 9.00 Å². The summed E-state index contributed by atoms with van der Waals surface area (Å²) in [6.45, 7) is 3.02. The van der Waals surface area contributed by atoms with E-state index >= 15 is 0 Å². The van der Waals surface area contributed by atoms with Crippen LogP contribution >= 0.6 is 0 Å². The van der Waals surface area contributed by atoms with E-state index in [-0.39, 0.29) is 6.42 Å². The maximum Gasteiger partial charge on any atom is 0.218 e. The van der Waals surface area contributed by atoms with Gasteiger partial charge in [-0.15, -0.1) is 0 Å². The molecule has 0 aliphatic carbocycles. The molecule has 0 aromatic rings. The number of hydrogen-bond donors (Lipinski definition) is 2. The Morgan fingerprint density at radius 2 is 2.10 bits per heavy atom. The Balaban J connectivity index is 4.13. The SMILES string of the molecule is CC(C)(CC(N)=O)S(=O)O. The van der Waals surface area contributed by atoms with Gasteiger partial charge in [0, 0.05) is 6.42 Å². The Morgan fingerprint density at radius 3 is 2.20 bits per heavy atom.